The van der Waals surface area contributed by atoms with E-state index in [-0.39, 0.29) is 12.1 Å². The Kier molecular flexibility index (Phi) is 5.56. The number of anilines is 3. The molecule has 8 nitrogen and oxygen atoms in total. The summed E-state index contributed by atoms with van der Waals surface area (Å²) in [4.78, 5) is 23.9. The van der Waals surface area contributed by atoms with Gasteiger partial charge in [-0.15, -0.1) is 11.3 Å². The number of H-pyrrole nitrogens is 1. The van der Waals surface area contributed by atoms with Gasteiger partial charge in [0.1, 0.15) is 6.17 Å². The molecular weight excluding hydrogens is 506 g/mol. The van der Waals surface area contributed by atoms with Crippen LogP contribution in [0.4, 0.5) is 17.1 Å². The zero-order chi connectivity index (χ0) is 26.3. The summed E-state index contributed by atoms with van der Waals surface area (Å²) in [6.45, 7) is 2.11. The Morgan fingerprint density at radius 3 is 2.62 bits per heavy atom. The van der Waals surface area contributed by atoms with Crippen LogP contribution >= 0.6 is 11.3 Å². The smallest absolute Gasteiger partial charge is 0.255 e. The van der Waals surface area contributed by atoms with E-state index in [1.807, 2.05) is 48.8 Å². The molecule has 0 spiro atoms. The molecule has 7 rings (SSSR count). The fourth-order valence-electron chi connectivity index (χ4n) is 4.86. The van der Waals surface area contributed by atoms with Crippen molar-refractivity contribution in [3.63, 3.8) is 0 Å². The lowest BCUT2D eigenvalue weighted by atomic mass is 10.0. The van der Waals surface area contributed by atoms with Gasteiger partial charge in [0.05, 0.1) is 40.7 Å². The number of carbonyl (C=O) groups is 1. The van der Waals surface area contributed by atoms with Crippen molar-refractivity contribution in [1.29, 1.82) is 0 Å². The second-order valence-electron chi connectivity index (χ2n) is 9.39. The summed E-state index contributed by atoms with van der Waals surface area (Å²) >= 11 is 1.75. The Morgan fingerprint density at radius 2 is 1.77 bits per heavy atom. The van der Waals surface area contributed by atoms with Crippen molar-refractivity contribution in [2.24, 2.45) is 0 Å². The molecule has 1 unspecified atom stereocenters. The van der Waals surface area contributed by atoms with Crippen molar-refractivity contribution < 1.29 is 4.79 Å². The van der Waals surface area contributed by atoms with Crippen molar-refractivity contribution >= 4 is 45.2 Å². The number of nitrogens with zero attached hydrogens (tertiary/aromatic N) is 3. The first-order valence-corrected chi connectivity index (χ1v) is 13.3. The van der Waals surface area contributed by atoms with Crippen molar-refractivity contribution in [3.05, 3.63) is 108 Å². The molecule has 39 heavy (non-hydrogen) atoms. The highest BCUT2D eigenvalue weighted by Crippen LogP contribution is 2.44. The van der Waals surface area contributed by atoms with Crippen molar-refractivity contribution in [2.45, 2.75) is 13.1 Å². The molecule has 9 heteroatoms. The van der Waals surface area contributed by atoms with Gasteiger partial charge in [0.15, 0.2) is 0 Å². The fourth-order valence-corrected chi connectivity index (χ4v) is 5.74. The van der Waals surface area contributed by atoms with Crippen LogP contribution in [-0.4, -0.2) is 26.1 Å². The predicted octanol–water partition coefficient (Wildman–Crippen LogP) is 6.85. The molecule has 5 heterocycles. The van der Waals surface area contributed by atoms with Crippen molar-refractivity contribution in [3.8, 4) is 21.6 Å². The summed E-state index contributed by atoms with van der Waals surface area (Å²) in [5, 5.41) is 18.9. The molecule has 4 N–H and O–H groups in total. The Morgan fingerprint density at radius 1 is 0.897 bits per heavy atom. The average molecular weight is 530 g/mol. The number of pyridine rings is 2. The van der Waals surface area contributed by atoms with Crippen molar-refractivity contribution in [2.75, 3.05) is 16.0 Å². The summed E-state index contributed by atoms with van der Waals surface area (Å²) < 4.78 is 0. The first kappa shape index (κ1) is 23.1. The highest BCUT2D eigenvalue weighted by Gasteiger charge is 2.27. The largest absolute Gasteiger partial charge is 0.358 e. The number of fused-ring (bicyclic) bond motifs is 2. The first-order valence-electron chi connectivity index (χ1n) is 12.5. The highest BCUT2D eigenvalue weighted by molar-refractivity contribution is 7.15. The summed E-state index contributed by atoms with van der Waals surface area (Å²) in [5.41, 5.74) is 7.94. The predicted molar refractivity (Wildman–Crippen MR) is 156 cm³/mol. The van der Waals surface area contributed by atoms with Crippen LogP contribution in [0.15, 0.2) is 91.5 Å². The second-order valence-corrected chi connectivity index (χ2v) is 10.7. The lowest BCUT2D eigenvalue weighted by Gasteiger charge is -2.12. The number of aryl methyl sites for hydroxylation is 1. The normalized spacial score (nSPS) is 14.0. The van der Waals surface area contributed by atoms with E-state index in [0.29, 0.717) is 11.3 Å². The van der Waals surface area contributed by atoms with Gasteiger partial charge in [-0.05, 0) is 55.0 Å². The van der Waals surface area contributed by atoms with Gasteiger partial charge in [0, 0.05) is 44.2 Å². The molecule has 2 aromatic carbocycles. The van der Waals surface area contributed by atoms with Crippen LogP contribution in [0.1, 0.15) is 27.1 Å². The van der Waals surface area contributed by atoms with Gasteiger partial charge in [-0.1, -0.05) is 24.3 Å². The molecule has 0 radical (unpaired) electrons. The Bertz CT molecular complexity index is 1840. The summed E-state index contributed by atoms with van der Waals surface area (Å²) in [6.07, 6.45) is 7.00. The number of aromatic nitrogens is 4. The molecule has 0 bridgehead atoms. The molecule has 4 aromatic heterocycles. The number of thiophene rings is 1. The molecule has 0 fully saturated rings. The minimum atomic E-state index is -0.195. The summed E-state index contributed by atoms with van der Waals surface area (Å²) in [7, 11) is 0. The van der Waals surface area contributed by atoms with E-state index in [0.717, 1.165) is 44.7 Å². The van der Waals surface area contributed by atoms with E-state index in [4.69, 9.17) is 0 Å². The van der Waals surface area contributed by atoms with Gasteiger partial charge >= 0.3 is 0 Å². The Balaban J connectivity index is 1.18. The second kappa shape index (κ2) is 9.38. The summed E-state index contributed by atoms with van der Waals surface area (Å²) in [6, 6.07) is 21.4. The molecule has 6 aromatic rings. The number of benzene rings is 2. The molecule has 1 amide bonds. The van der Waals surface area contributed by atoms with Crippen LogP contribution in [0.5, 0.6) is 0 Å². The van der Waals surface area contributed by atoms with Gasteiger partial charge in [-0.2, -0.15) is 5.10 Å². The van der Waals surface area contributed by atoms with Gasteiger partial charge in [0.2, 0.25) is 0 Å². The maximum absolute atomic E-state index is 12.6. The highest BCUT2D eigenvalue weighted by atomic mass is 32.1. The number of hydrogen-bond donors (Lipinski definition) is 4. The number of aromatic amines is 1. The van der Waals surface area contributed by atoms with Crippen LogP contribution in [0.25, 0.3) is 32.5 Å². The first-order chi connectivity index (χ1) is 19.1. The van der Waals surface area contributed by atoms with Crippen LogP contribution in [0.3, 0.4) is 0 Å². The lowest BCUT2D eigenvalue weighted by molar-refractivity contribution is 0.102. The van der Waals surface area contributed by atoms with Crippen LogP contribution in [-0.2, 0) is 0 Å². The Hall–Kier alpha value is -5.02. The fraction of sp³-hybridized carbons (Fsp3) is 0.0667. The van der Waals surface area contributed by atoms with Crippen LogP contribution in [0, 0.1) is 6.92 Å². The number of hydrogen-bond acceptors (Lipinski definition) is 7. The van der Waals surface area contributed by atoms with Crippen LogP contribution in [0.2, 0.25) is 0 Å². The van der Waals surface area contributed by atoms with Crippen LogP contribution < -0.4 is 16.0 Å². The maximum atomic E-state index is 12.6. The zero-order valence-corrected chi connectivity index (χ0v) is 21.7. The van der Waals surface area contributed by atoms with Gasteiger partial charge < -0.3 is 16.0 Å². The number of carbonyl (C=O) groups excluding carboxylic acids is 1. The molecule has 0 saturated heterocycles. The molecule has 0 aliphatic carbocycles. The molecule has 1 aliphatic rings. The zero-order valence-electron chi connectivity index (χ0n) is 20.9. The molecular formula is C30H23N7OS. The van der Waals surface area contributed by atoms with E-state index in [1.54, 1.807) is 35.9 Å². The van der Waals surface area contributed by atoms with Gasteiger partial charge in [0.25, 0.3) is 5.91 Å². The van der Waals surface area contributed by atoms with E-state index in [9.17, 15) is 4.79 Å². The molecule has 1 atom stereocenters. The standard InChI is InChI=1S/C30H23N7OS/c1-17-7-10-26(39-17)23-15-32-16-25-27(23)35-29(34-25)28-22-12-19(8-9-24(22)36-37-28)20-11-21(14-31-13-20)33-30(38)18-5-3-2-4-6-18/h2-16,29,34-35H,1H3,(H,33,38)(H,36,37). The summed E-state index contributed by atoms with van der Waals surface area (Å²) in [5.74, 6) is -0.174. The van der Waals surface area contributed by atoms with E-state index < -0.39 is 0 Å². The Labute approximate surface area is 228 Å². The topological polar surface area (TPSA) is 108 Å². The van der Waals surface area contributed by atoms with Gasteiger partial charge in [-0.25, -0.2) is 0 Å². The van der Waals surface area contributed by atoms with Crippen molar-refractivity contribution in [1.82, 2.24) is 20.2 Å². The number of amides is 1. The van der Waals surface area contributed by atoms with E-state index >= 15 is 0 Å². The minimum absolute atomic E-state index is 0.174. The van der Waals surface area contributed by atoms with E-state index in [1.165, 1.54) is 9.75 Å². The minimum Gasteiger partial charge on any atom is -0.358 e. The third-order valence-electron chi connectivity index (χ3n) is 6.78. The number of nitrogens with one attached hydrogen (secondary N) is 4. The average Bonchev–Trinajstić information content (AvgIpc) is 3.71. The molecule has 1 aliphatic heterocycles. The molecule has 0 saturated carbocycles. The van der Waals surface area contributed by atoms with E-state index in [2.05, 4.69) is 61.2 Å². The lowest BCUT2D eigenvalue weighted by Crippen LogP contribution is -2.13. The number of rotatable bonds is 5. The van der Waals surface area contributed by atoms with Gasteiger partial charge in [-0.3, -0.25) is 19.9 Å². The monoisotopic (exact) mass is 529 g/mol. The maximum Gasteiger partial charge on any atom is 0.255 e. The quantitative estimate of drug-likeness (QED) is 0.195. The SMILES string of the molecule is Cc1ccc(-c2cncc3c2NC(c2[nH]nc4ccc(-c5cncc(NC(=O)c6ccccc6)c5)cc24)N3)s1. The third-order valence-corrected chi connectivity index (χ3v) is 7.81. The third kappa shape index (κ3) is 4.28. The molecule has 190 valence electrons.